The van der Waals surface area contributed by atoms with Crippen molar-refractivity contribution in [2.75, 3.05) is 19.8 Å². The van der Waals surface area contributed by atoms with Gasteiger partial charge in [0, 0.05) is 0 Å². The lowest BCUT2D eigenvalue weighted by Gasteiger charge is -2.28. The van der Waals surface area contributed by atoms with E-state index in [0.29, 0.717) is 6.42 Å². The van der Waals surface area contributed by atoms with Crippen molar-refractivity contribution >= 4 is 35.5 Å². The van der Waals surface area contributed by atoms with Crippen molar-refractivity contribution in [3.63, 3.8) is 0 Å². The van der Waals surface area contributed by atoms with E-state index in [1.54, 1.807) is 13.8 Å². The van der Waals surface area contributed by atoms with Crippen LogP contribution in [0.25, 0.3) is 0 Å². The van der Waals surface area contributed by atoms with Crippen molar-refractivity contribution in [2.45, 2.75) is 56.9 Å². The Balaban J connectivity index is 5.48. The number of aliphatic hydroxyl groups is 3. The second kappa shape index (κ2) is 15.5. The van der Waals surface area contributed by atoms with Crippen molar-refractivity contribution in [2.24, 2.45) is 17.4 Å². The largest absolute Gasteiger partial charge is 0.480 e. The molecule has 0 aromatic rings. The van der Waals surface area contributed by atoms with E-state index in [4.69, 9.17) is 21.7 Å². The van der Waals surface area contributed by atoms with E-state index in [-0.39, 0.29) is 0 Å². The number of aliphatic carboxylic acids is 1. The second-order valence-electron chi connectivity index (χ2n) is 7.72. The Bertz CT molecular complexity index is 779. The van der Waals surface area contributed by atoms with E-state index in [9.17, 15) is 39.0 Å². The number of hydrogen-bond acceptors (Lipinski definition) is 10. The quantitative estimate of drug-likeness (QED) is 0.0940. The molecule has 0 saturated heterocycles. The zero-order valence-electron chi connectivity index (χ0n) is 19.4. The summed E-state index contributed by atoms with van der Waals surface area (Å²) in [4.78, 5) is 71.8. The molecule has 0 unspecified atom stereocenters. The van der Waals surface area contributed by atoms with Gasteiger partial charge in [0.1, 0.15) is 30.2 Å². The highest BCUT2D eigenvalue weighted by Gasteiger charge is 2.33. The smallest absolute Gasteiger partial charge is 0.326 e. The molecule has 0 aliphatic rings. The molecule has 200 valence electrons. The number of hydrogen-bond donors (Lipinski definition) is 10. The zero-order valence-corrected chi connectivity index (χ0v) is 19.4. The molecule has 0 fully saturated rings. The number of carboxylic acid groups (broad SMARTS) is 1. The summed E-state index contributed by atoms with van der Waals surface area (Å²) in [6, 6.07) is -7.50. The molecule has 12 N–H and O–H groups in total. The zero-order chi connectivity index (χ0) is 27.3. The number of primary amides is 1. The minimum Gasteiger partial charge on any atom is -0.480 e. The van der Waals surface area contributed by atoms with Crippen molar-refractivity contribution in [3.05, 3.63) is 0 Å². The number of carbonyl (C=O) groups is 6. The van der Waals surface area contributed by atoms with E-state index in [1.807, 2.05) is 5.32 Å². The second-order valence-corrected chi connectivity index (χ2v) is 7.72. The summed E-state index contributed by atoms with van der Waals surface area (Å²) in [5, 5.41) is 45.6. The Morgan fingerprint density at radius 3 is 1.60 bits per heavy atom. The molecular weight excluding hydrogens is 472 g/mol. The highest BCUT2D eigenvalue weighted by molar-refractivity contribution is 5.96. The van der Waals surface area contributed by atoms with Gasteiger partial charge in [0.15, 0.2) is 0 Å². The summed E-state index contributed by atoms with van der Waals surface area (Å²) in [6.45, 7) is 0.759. The first-order valence-electron chi connectivity index (χ1n) is 10.6. The maximum atomic E-state index is 12.8. The summed E-state index contributed by atoms with van der Waals surface area (Å²) in [5.41, 5.74) is 10.3. The number of nitrogens with one attached hydrogen (secondary N) is 4. The summed E-state index contributed by atoms with van der Waals surface area (Å²) >= 11 is 0. The van der Waals surface area contributed by atoms with Gasteiger partial charge < -0.3 is 53.2 Å². The van der Waals surface area contributed by atoms with Gasteiger partial charge in [-0.2, -0.15) is 0 Å². The fourth-order valence-electron chi connectivity index (χ4n) is 2.64. The highest BCUT2D eigenvalue weighted by Crippen LogP contribution is 2.09. The molecule has 0 aromatic heterocycles. The van der Waals surface area contributed by atoms with E-state index in [2.05, 4.69) is 16.0 Å². The van der Waals surface area contributed by atoms with E-state index in [0.717, 1.165) is 0 Å². The van der Waals surface area contributed by atoms with Gasteiger partial charge in [0.2, 0.25) is 29.5 Å². The molecule has 0 radical (unpaired) electrons. The van der Waals surface area contributed by atoms with Crippen molar-refractivity contribution < 1.29 is 49.2 Å². The van der Waals surface area contributed by atoms with Crippen LogP contribution >= 0.6 is 0 Å². The molecule has 0 saturated carbocycles. The summed E-state index contributed by atoms with van der Waals surface area (Å²) in [6.07, 6.45) is -0.369. The van der Waals surface area contributed by atoms with Crippen LogP contribution in [0.1, 0.15) is 26.7 Å². The summed E-state index contributed by atoms with van der Waals surface area (Å²) in [7, 11) is 0. The first kappa shape index (κ1) is 31.7. The monoisotopic (exact) mass is 506 g/mol. The molecule has 0 aliphatic carbocycles. The molecule has 6 atom stereocenters. The van der Waals surface area contributed by atoms with E-state index < -0.39 is 97.9 Å². The molecule has 0 bridgehead atoms. The number of carboxylic acids is 1. The fourth-order valence-corrected chi connectivity index (χ4v) is 2.64. The molecule has 0 rings (SSSR count). The highest BCUT2D eigenvalue weighted by atomic mass is 16.4. The Kier molecular flexibility index (Phi) is 14.1. The van der Waals surface area contributed by atoms with Crippen LogP contribution < -0.4 is 32.7 Å². The van der Waals surface area contributed by atoms with Crippen LogP contribution in [-0.4, -0.2) is 106 Å². The van der Waals surface area contributed by atoms with Gasteiger partial charge in [-0.25, -0.2) is 4.79 Å². The number of amides is 5. The SMILES string of the molecule is CC[C@H](C)[C@H](NC(=O)[C@H](CO)NC(=O)[C@@H](N)CO)C(=O)N[C@@H](CO)C(=O)N[C@@H](CC(N)=O)C(=O)O. The lowest BCUT2D eigenvalue weighted by Crippen LogP contribution is -2.61. The third kappa shape index (κ3) is 10.6. The topological polar surface area (TPSA) is 284 Å². The average molecular weight is 507 g/mol. The van der Waals surface area contributed by atoms with Crippen LogP contribution in [0.5, 0.6) is 0 Å². The predicted molar refractivity (Wildman–Crippen MR) is 118 cm³/mol. The third-order valence-corrected chi connectivity index (χ3v) is 4.98. The van der Waals surface area contributed by atoms with Gasteiger partial charge >= 0.3 is 5.97 Å². The molecular formula is C19H34N6O10. The molecule has 35 heavy (non-hydrogen) atoms. The van der Waals surface area contributed by atoms with Crippen LogP contribution in [0.2, 0.25) is 0 Å². The minimum atomic E-state index is -1.70. The predicted octanol–water partition coefficient (Wildman–Crippen LogP) is -5.76. The molecule has 0 aliphatic heterocycles. The third-order valence-electron chi connectivity index (χ3n) is 4.98. The lowest BCUT2D eigenvalue weighted by molar-refractivity contribution is -0.144. The molecule has 5 amide bonds. The van der Waals surface area contributed by atoms with Crippen molar-refractivity contribution in [1.29, 1.82) is 0 Å². The van der Waals surface area contributed by atoms with Gasteiger partial charge in [0.25, 0.3) is 0 Å². The number of nitrogens with two attached hydrogens (primary N) is 2. The minimum absolute atomic E-state index is 0.361. The van der Waals surface area contributed by atoms with Crippen LogP contribution in [0, 0.1) is 5.92 Å². The van der Waals surface area contributed by atoms with Crippen LogP contribution in [0.4, 0.5) is 0 Å². The van der Waals surface area contributed by atoms with Crippen molar-refractivity contribution in [3.8, 4) is 0 Å². The first-order chi connectivity index (χ1) is 16.3. The van der Waals surface area contributed by atoms with E-state index in [1.165, 1.54) is 0 Å². The fraction of sp³-hybridized carbons (Fsp3) is 0.684. The summed E-state index contributed by atoms with van der Waals surface area (Å²) < 4.78 is 0. The molecule has 0 aromatic carbocycles. The molecule has 0 spiro atoms. The van der Waals surface area contributed by atoms with Crippen LogP contribution in [-0.2, 0) is 28.8 Å². The van der Waals surface area contributed by atoms with Crippen LogP contribution in [0.3, 0.4) is 0 Å². The molecule has 0 heterocycles. The van der Waals surface area contributed by atoms with Gasteiger partial charge in [0.05, 0.1) is 26.2 Å². The maximum absolute atomic E-state index is 12.8. The van der Waals surface area contributed by atoms with Crippen LogP contribution in [0.15, 0.2) is 0 Å². The number of rotatable bonds is 16. The average Bonchev–Trinajstić information content (AvgIpc) is 2.81. The standard InChI is InChI=1S/C19H34N6O10/c1-3-8(2)14(25-17(32)12(7-28)23-15(30)9(20)5-26)18(33)24-11(6-27)16(31)22-10(19(34)35)4-13(21)29/h8-12,14,26-28H,3-7,20H2,1-2H3,(H2,21,29)(H,22,31)(H,23,30)(H,24,33)(H,25,32)(H,34,35)/t8-,9-,10-,11-,12-,14-/m0/s1. The number of aliphatic hydroxyl groups excluding tert-OH is 3. The lowest BCUT2D eigenvalue weighted by atomic mass is 9.97. The van der Waals surface area contributed by atoms with Crippen molar-refractivity contribution in [1.82, 2.24) is 21.3 Å². The number of carbonyl (C=O) groups excluding carboxylic acids is 5. The first-order valence-corrected chi connectivity index (χ1v) is 10.6. The Labute approximate surface area is 200 Å². The van der Waals surface area contributed by atoms with E-state index >= 15 is 0 Å². The van der Waals surface area contributed by atoms with Gasteiger partial charge in [-0.05, 0) is 5.92 Å². The van der Waals surface area contributed by atoms with Gasteiger partial charge in [-0.1, -0.05) is 20.3 Å². The Hall–Kier alpha value is -3.34. The molecule has 16 nitrogen and oxygen atoms in total. The normalized spacial score (nSPS) is 15.9. The Morgan fingerprint density at radius 1 is 0.743 bits per heavy atom. The van der Waals surface area contributed by atoms with Gasteiger partial charge in [-0.3, -0.25) is 24.0 Å². The Morgan fingerprint density at radius 2 is 1.20 bits per heavy atom. The molecule has 16 heteroatoms. The maximum Gasteiger partial charge on any atom is 0.326 e. The van der Waals surface area contributed by atoms with Gasteiger partial charge in [-0.15, -0.1) is 0 Å². The summed E-state index contributed by atoms with van der Waals surface area (Å²) in [5.74, 6) is -7.05.